The topological polar surface area (TPSA) is 92.8 Å². The van der Waals surface area contributed by atoms with Crippen LogP contribution in [-0.4, -0.2) is 69.1 Å². The van der Waals surface area contributed by atoms with Crippen LogP contribution in [0.5, 0.6) is 0 Å². The lowest BCUT2D eigenvalue weighted by Gasteiger charge is -2.55. The van der Waals surface area contributed by atoms with Crippen LogP contribution in [0, 0.1) is 5.41 Å². The number of aryl methyl sites for hydroxylation is 3. The molecule has 0 radical (unpaired) electrons. The summed E-state index contributed by atoms with van der Waals surface area (Å²) in [6.07, 6.45) is 3.10. The van der Waals surface area contributed by atoms with Crippen molar-refractivity contribution < 1.29 is 14.6 Å². The standard InChI is InChI=1S/C26H31N5O4/c1-18-5-6-19-20(31(18)25(33)34)7-8-21-24(19)27-22(9-11-29-10-3-2-4-23(29)32)30(21)13-12-28-14-26(15-28)16-35-17-26/h2-4,7-8,10,18H,5-6,9,11-17H2,1H3,(H,33,34)/t18-/m0/s1. The molecule has 1 amide bonds. The van der Waals surface area contributed by atoms with Gasteiger partial charge in [0.1, 0.15) is 5.82 Å². The first-order chi connectivity index (χ1) is 16.9. The van der Waals surface area contributed by atoms with Crippen molar-refractivity contribution in [2.24, 2.45) is 5.41 Å². The first-order valence-corrected chi connectivity index (χ1v) is 12.4. The number of benzene rings is 1. The number of likely N-dealkylation sites (tertiary alicyclic amines) is 1. The molecule has 0 saturated carbocycles. The third kappa shape index (κ3) is 3.83. The van der Waals surface area contributed by atoms with Crippen molar-refractivity contribution in [1.82, 2.24) is 19.0 Å². The summed E-state index contributed by atoms with van der Waals surface area (Å²) in [6.45, 7) is 8.15. The van der Waals surface area contributed by atoms with E-state index in [0.29, 0.717) is 18.4 Å². The number of hydrogen-bond donors (Lipinski definition) is 1. The van der Waals surface area contributed by atoms with Gasteiger partial charge in [0, 0.05) is 68.4 Å². The van der Waals surface area contributed by atoms with Crippen LogP contribution in [0.4, 0.5) is 10.5 Å². The molecule has 9 heteroatoms. The van der Waals surface area contributed by atoms with Crippen LogP contribution in [-0.2, 0) is 30.7 Å². The summed E-state index contributed by atoms with van der Waals surface area (Å²) in [6, 6.07) is 9.10. The lowest BCUT2D eigenvalue weighted by molar-refractivity contribution is -0.189. The smallest absolute Gasteiger partial charge is 0.412 e. The zero-order valence-corrected chi connectivity index (χ0v) is 20.0. The number of nitrogens with zero attached hydrogens (tertiary/aromatic N) is 5. The van der Waals surface area contributed by atoms with Crippen molar-refractivity contribution in [3.63, 3.8) is 0 Å². The molecule has 0 bridgehead atoms. The molecule has 3 aromatic rings. The summed E-state index contributed by atoms with van der Waals surface area (Å²) in [5.41, 5.74) is 4.05. The quantitative estimate of drug-likeness (QED) is 0.587. The van der Waals surface area contributed by atoms with Crippen LogP contribution in [0.2, 0.25) is 0 Å². The number of carbonyl (C=O) groups is 1. The number of aromatic nitrogens is 3. The molecule has 1 atom stereocenters. The van der Waals surface area contributed by atoms with Gasteiger partial charge in [0.05, 0.1) is 29.9 Å². The number of imidazole rings is 1. The number of pyridine rings is 1. The third-order valence-electron chi connectivity index (χ3n) is 7.85. The zero-order valence-electron chi connectivity index (χ0n) is 20.0. The first kappa shape index (κ1) is 22.3. The summed E-state index contributed by atoms with van der Waals surface area (Å²) in [4.78, 5) is 33.2. The van der Waals surface area contributed by atoms with Crippen LogP contribution in [0.25, 0.3) is 11.0 Å². The van der Waals surface area contributed by atoms with Gasteiger partial charge in [0.15, 0.2) is 0 Å². The lowest BCUT2D eigenvalue weighted by Crippen LogP contribution is -2.66. The van der Waals surface area contributed by atoms with Crippen molar-refractivity contribution in [3.8, 4) is 0 Å². The Balaban J connectivity index is 1.33. The lowest BCUT2D eigenvalue weighted by atomic mass is 9.78. The fraction of sp³-hybridized carbons (Fsp3) is 0.500. The number of hydrogen-bond acceptors (Lipinski definition) is 5. The fourth-order valence-corrected chi connectivity index (χ4v) is 5.95. The summed E-state index contributed by atoms with van der Waals surface area (Å²) >= 11 is 0. The second-order valence-electron chi connectivity index (χ2n) is 10.3. The van der Waals surface area contributed by atoms with Crippen LogP contribution in [0.3, 0.4) is 0 Å². The van der Waals surface area contributed by atoms with Gasteiger partial charge in [0.2, 0.25) is 0 Å². The molecule has 3 aliphatic heterocycles. The Labute approximate surface area is 203 Å². The van der Waals surface area contributed by atoms with Gasteiger partial charge in [-0.3, -0.25) is 9.69 Å². The number of ether oxygens (including phenoxy) is 1. The summed E-state index contributed by atoms with van der Waals surface area (Å²) in [5, 5.41) is 9.82. The maximum absolute atomic E-state index is 12.2. The van der Waals surface area contributed by atoms with Crippen molar-refractivity contribution in [3.05, 3.63) is 58.3 Å². The molecule has 3 aliphatic rings. The van der Waals surface area contributed by atoms with Gasteiger partial charge in [-0.25, -0.2) is 9.78 Å². The van der Waals surface area contributed by atoms with Crippen LogP contribution in [0.15, 0.2) is 41.3 Å². The largest absolute Gasteiger partial charge is 0.465 e. The Hall–Kier alpha value is -3.17. The maximum Gasteiger partial charge on any atom is 0.412 e. The summed E-state index contributed by atoms with van der Waals surface area (Å²) < 4.78 is 9.39. The highest BCUT2D eigenvalue weighted by atomic mass is 16.5. The molecule has 9 nitrogen and oxygen atoms in total. The predicted molar refractivity (Wildman–Crippen MR) is 132 cm³/mol. The number of rotatable bonds is 6. The highest BCUT2D eigenvalue weighted by molar-refractivity contribution is 5.94. The Kier molecular flexibility index (Phi) is 5.41. The average molecular weight is 478 g/mol. The van der Waals surface area contributed by atoms with Crippen molar-refractivity contribution in [2.75, 3.05) is 37.7 Å². The van der Waals surface area contributed by atoms with Crippen LogP contribution < -0.4 is 10.5 Å². The van der Waals surface area contributed by atoms with E-state index in [2.05, 4.69) is 9.47 Å². The number of amides is 1. The molecule has 1 N–H and O–H groups in total. The van der Waals surface area contributed by atoms with E-state index in [1.807, 2.05) is 31.3 Å². The van der Waals surface area contributed by atoms with Gasteiger partial charge in [-0.1, -0.05) is 6.07 Å². The SMILES string of the molecule is C[C@H]1CCc2c(ccc3c2nc(CCn2ccccc2=O)n3CCN2CC3(COC3)C2)N1C(=O)O. The number of anilines is 1. The fourth-order valence-electron chi connectivity index (χ4n) is 5.95. The Morgan fingerprint density at radius 2 is 2.00 bits per heavy atom. The van der Waals surface area contributed by atoms with E-state index in [1.165, 1.54) is 4.90 Å². The third-order valence-corrected chi connectivity index (χ3v) is 7.85. The Bertz CT molecular complexity index is 1330. The van der Waals surface area contributed by atoms with Gasteiger partial charge in [-0.15, -0.1) is 0 Å². The van der Waals surface area contributed by atoms with Gasteiger partial charge in [-0.05, 0) is 38.0 Å². The summed E-state index contributed by atoms with van der Waals surface area (Å²) in [7, 11) is 0. The molecule has 6 rings (SSSR count). The second kappa shape index (κ2) is 8.49. The average Bonchev–Trinajstić information content (AvgIpc) is 3.13. The molecule has 35 heavy (non-hydrogen) atoms. The minimum atomic E-state index is -0.924. The van der Waals surface area contributed by atoms with Gasteiger partial charge in [-0.2, -0.15) is 0 Å². The summed E-state index contributed by atoms with van der Waals surface area (Å²) in [5.74, 6) is 0.937. The molecule has 2 fully saturated rings. The number of fused-ring (bicyclic) bond motifs is 3. The predicted octanol–water partition coefficient (Wildman–Crippen LogP) is 2.59. The molecule has 0 unspecified atom stereocenters. The Morgan fingerprint density at radius 3 is 2.71 bits per heavy atom. The molecule has 184 valence electrons. The van der Waals surface area contributed by atoms with E-state index in [9.17, 15) is 14.7 Å². The van der Waals surface area contributed by atoms with Crippen LogP contribution in [0.1, 0.15) is 24.7 Å². The second-order valence-corrected chi connectivity index (χ2v) is 10.3. The van der Waals surface area contributed by atoms with Gasteiger partial charge >= 0.3 is 6.09 Å². The van der Waals surface area contributed by atoms with E-state index in [-0.39, 0.29) is 11.6 Å². The van der Waals surface area contributed by atoms with E-state index >= 15 is 0 Å². The normalized spacial score (nSPS) is 21.1. The van der Waals surface area contributed by atoms with Crippen molar-refractivity contribution >= 4 is 22.8 Å². The number of carboxylic acid groups (broad SMARTS) is 1. The molecule has 1 aromatic carbocycles. The minimum absolute atomic E-state index is 0.0211. The molecular formula is C26H31N5O4. The highest BCUT2D eigenvalue weighted by Crippen LogP contribution is 2.38. The molecule has 2 aromatic heterocycles. The molecule has 0 aliphatic carbocycles. The first-order valence-electron chi connectivity index (χ1n) is 12.4. The minimum Gasteiger partial charge on any atom is -0.465 e. The van der Waals surface area contributed by atoms with Crippen LogP contribution >= 0.6 is 0 Å². The van der Waals surface area contributed by atoms with Crippen molar-refractivity contribution in [2.45, 2.75) is 45.3 Å². The van der Waals surface area contributed by atoms with E-state index < -0.39 is 6.09 Å². The van der Waals surface area contributed by atoms with Crippen molar-refractivity contribution in [1.29, 1.82) is 0 Å². The highest BCUT2D eigenvalue weighted by Gasteiger charge is 2.48. The van der Waals surface area contributed by atoms with Gasteiger partial charge in [0.25, 0.3) is 5.56 Å². The van der Waals surface area contributed by atoms with Gasteiger partial charge < -0.3 is 23.9 Å². The monoisotopic (exact) mass is 477 g/mol. The van der Waals surface area contributed by atoms with E-state index in [0.717, 1.165) is 80.3 Å². The molecular weight excluding hydrogens is 446 g/mol. The molecule has 5 heterocycles. The Morgan fingerprint density at radius 1 is 1.17 bits per heavy atom. The van der Waals surface area contributed by atoms with E-state index in [4.69, 9.17) is 9.72 Å². The molecule has 1 spiro atoms. The maximum atomic E-state index is 12.2. The van der Waals surface area contributed by atoms with E-state index in [1.54, 1.807) is 16.7 Å². The zero-order chi connectivity index (χ0) is 24.2. The molecule has 2 saturated heterocycles.